The Hall–Kier alpha value is -0.460. The van der Waals surface area contributed by atoms with Gasteiger partial charge >= 0.3 is 0 Å². The molecule has 2 aliphatic heterocycles. The lowest BCUT2D eigenvalue weighted by Gasteiger charge is -2.45. The Morgan fingerprint density at radius 1 is 1.23 bits per heavy atom. The van der Waals surface area contributed by atoms with Gasteiger partial charge in [0.25, 0.3) is 0 Å². The lowest BCUT2D eigenvalue weighted by atomic mass is 9.86. The molecule has 126 valence electrons. The Bertz CT molecular complexity index is 425. The molecule has 2 saturated heterocycles. The molecule has 0 bridgehead atoms. The number of rotatable bonds is 2. The lowest BCUT2D eigenvalue weighted by molar-refractivity contribution is 0.0633. The number of piperidine rings is 1. The zero-order valence-corrected chi connectivity index (χ0v) is 14.8. The van der Waals surface area contributed by atoms with Gasteiger partial charge < -0.3 is 5.32 Å². The van der Waals surface area contributed by atoms with E-state index in [4.69, 9.17) is 0 Å². The van der Waals surface area contributed by atoms with E-state index in [1.54, 1.807) is 6.20 Å². The average Bonchev–Trinajstić information content (AvgIpc) is 2.62. The van der Waals surface area contributed by atoms with Gasteiger partial charge in [-0.2, -0.15) is 10.2 Å². The normalized spacial score (nSPS) is 22.4. The molecular weight excluding hydrogens is 321 g/mol. The van der Waals surface area contributed by atoms with Crippen LogP contribution in [0.3, 0.4) is 0 Å². The first-order valence-electron chi connectivity index (χ1n) is 7.69. The van der Waals surface area contributed by atoms with Gasteiger partial charge in [0.05, 0.1) is 5.69 Å². The number of halogens is 2. The molecule has 0 radical (unpaired) electrons. The zero-order valence-electron chi connectivity index (χ0n) is 13.2. The minimum Gasteiger partial charge on any atom is -0.317 e. The van der Waals surface area contributed by atoms with E-state index >= 15 is 0 Å². The van der Waals surface area contributed by atoms with Gasteiger partial charge in [-0.25, -0.2) is 0 Å². The van der Waals surface area contributed by atoms with Crippen LogP contribution in [0.5, 0.6) is 0 Å². The number of hydrogen-bond donors (Lipinski definition) is 1. The highest BCUT2D eigenvalue weighted by Crippen LogP contribution is 2.29. The Labute approximate surface area is 145 Å². The maximum absolute atomic E-state index is 4.24. The van der Waals surface area contributed by atoms with Crippen molar-refractivity contribution in [2.45, 2.75) is 31.3 Å². The fourth-order valence-electron chi connectivity index (χ4n) is 3.60. The van der Waals surface area contributed by atoms with Crippen LogP contribution in [0, 0.1) is 0 Å². The van der Waals surface area contributed by atoms with Gasteiger partial charge in [-0.3, -0.25) is 9.80 Å². The molecule has 0 unspecified atom stereocenters. The quantitative estimate of drug-likeness (QED) is 0.879. The molecule has 5 nitrogen and oxygen atoms in total. The SMILES string of the molecule is CN1CCCN(Cc2cccnn2)CC12CCNCC2.Cl.Cl. The average molecular weight is 348 g/mol. The van der Waals surface area contributed by atoms with E-state index in [1.165, 1.54) is 25.8 Å². The van der Waals surface area contributed by atoms with E-state index in [0.29, 0.717) is 5.54 Å². The molecule has 2 aliphatic rings. The molecule has 1 N–H and O–H groups in total. The van der Waals surface area contributed by atoms with Gasteiger partial charge in [0, 0.05) is 24.8 Å². The standard InChI is InChI=1S/C15H25N5.2ClH/c1-19-10-3-11-20(12-14-4-2-7-17-18-14)13-15(19)5-8-16-9-6-15;;/h2,4,7,16H,3,5-6,8-13H2,1H3;2*1H. The van der Waals surface area contributed by atoms with Crippen LogP contribution < -0.4 is 5.32 Å². The number of aromatic nitrogens is 2. The molecule has 3 heterocycles. The summed E-state index contributed by atoms with van der Waals surface area (Å²) >= 11 is 0. The van der Waals surface area contributed by atoms with Crippen LogP contribution in [0.2, 0.25) is 0 Å². The molecule has 0 aliphatic carbocycles. The number of hydrogen-bond acceptors (Lipinski definition) is 5. The Kier molecular flexibility index (Phi) is 8.00. The molecule has 22 heavy (non-hydrogen) atoms. The molecule has 0 atom stereocenters. The minimum absolute atomic E-state index is 0. The highest BCUT2D eigenvalue weighted by Gasteiger charge is 2.38. The van der Waals surface area contributed by atoms with Crippen LogP contribution in [0.15, 0.2) is 18.3 Å². The third-order valence-electron chi connectivity index (χ3n) is 4.84. The zero-order chi connectivity index (χ0) is 13.8. The largest absolute Gasteiger partial charge is 0.317 e. The predicted octanol–water partition coefficient (Wildman–Crippen LogP) is 1.58. The summed E-state index contributed by atoms with van der Waals surface area (Å²) in [4.78, 5) is 5.17. The molecule has 0 amide bonds. The van der Waals surface area contributed by atoms with Crippen molar-refractivity contribution in [1.29, 1.82) is 0 Å². The second-order valence-electron chi connectivity index (χ2n) is 6.18. The van der Waals surface area contributed by atoms with Crippen molar-refractivity contribution in [2.75, 3.05) is 39.8 Å². The molecule has 1 spiro atoms. The summed E-state index contributed by atoms with van der Waals surface area (Å²) in [7, 11) is 2.30. The highest BCUT2D eigenvalue weighted by atomic mass is 35.5. The van der Waals surface area contributed by atoms with Crippen LogP contribution in [0.4, 0.5) is 0 Å². The third kappa shape index (κ3) is 4.52. The van der Waals surface area contributed by atoms with E-state index in [9.17, 15) is 0 Å². The van der Waals surface area contributed by atoms with Gasteiger partial charge in [-0.1, -0.05) is 0 Å². The van der Waals surface area contributed by atoms with Crippen molar-refractivity contribution < 1.29 is 0 Å². The van der Waals surface area contributed by atoms with Crippen molar-refractivity contribution >= 4 is 24.8 Å². The molecule has 0 saturated carbocycles. The van der Waals surface area contributed by atoms with Gasteiger partial charge in [0.15, 0.2) is 0 Å². The molecule has 7 heteroatoms. The third-order valence-corrected chi connectivity index (χ3v) is 4.84. The van der Waals surface area contributed by atoms with Crippen molar-refractivity contribution in [3.05, 3.63) is 24.0 Å². The van der Waals surface area contributed by atoms with Crippen LogP contribution in [-0.4, -0.2) is 65.3 Å². The Balaban J connectivity index is 0.00000121. The summed E-state index contributed by atoms with van der Waals surface area (Å²) in [6, 6.07) is 4.06. The van der Waals surface area contributed by atoms with Crippen molar-refractivity contribution in [3.8, 4) is 0 Å². The summed E-state index contributed by atoms with van der Waals surface area (Å²) in [6.45, 7) is 6.73. The summed E-state index contributed by atoms with van der Waals surface area (Å²) in [5, 5.41) is 11.7. The Morgan fingerprint density at radius 2 is 2.00 bits per heavy atom. The first kappa shape index (κ1) is 19.6. The second-order valence-corrected chi connectivity index (χ2v) is 6.18. The van der Waals surface area contributed by atoms with Gasteiger partial charge in [0.1, 0.15) is 0 Å². The van der Waals surface area contributed by atoms with Crippen LogP contribution >= 0.6 is 24.8 Å². The van der Waals surface area contributed by atoms with Crippen molar-refractivity contribution in [3.63, 3.8) is 0 Å². The topological polar surface area (TPSA) is 44.3 Å². The predicted molar refractivity (Wildman–Crippen MR) is 93.9 cm³/mol. The molecule has 2 fully saturated rings. The maximum Gasteiger partial charge on any atom is 0.0771 e. The monoisotopic (exact) mass is 347 g/mol. The summed E-state index contributed by atoms with van der Waals surface area (Å²) < 4.78 is 0. The van der Waals surface area contributed by atoms with Gasteiger partial charge in [0.2, 0.25) is 0 Å². The first-order chi connectivity index (χ1) is 9.78. The molecule has 1 aromatic heterocycles. The van der Waals surface area contributed by atoms with E-state index in [1.807, 2.05) is 6.07 Å². The van der Waals surface area contributed by atoms with Gasteiger partial charge in [-0.05, 0) is 64.6 Å². The maximum atomic E-state index is 4.24. The lowest BCUT2D eigenvalue weighted by Crippen LogP contribution is -2.57. The number of nitrogens with zero attached hydrogens (tertiary/aromatic N) is 4. The van der Waals surface area contributed by atoms with Crippen molar-refractivity contribution in [2.24, 2.45) is 0 Å². The minimum atomic E-state index is 0. The summed E-state index contributed by atoms with van der Waals surface area (Å²) in [6.07, 6.45) is 5.49. The number of nitrogens with one attached hydrogen (secondary N) is 1. The smallest absolute Gasteiger partial charge is 0.0771 e. The van der Waals surface area contributed by atoms with E-state index in [-0.39, 0.29) is 24.8 Å². The molecule has 0 aromatic carbocycles. The van der Waals surface area contributed by atoms with Crippen LogP contribution in [0.25, 0.3) is 0 Å². The fourth-order valence-corrected chi connectivity index (χ4v) is 3.60. The first-order valence-corrected chi connectivity index (χ1v) is 7.69. The Morgan fingerprint density at radius 3 is 2.68 bits per heavy atom. The second kappa shape index (κ2) is 8.99. The van der Waals surface area contributed by atoms with Gasteiger partial charge in [-0.15, -0.1) is 24.8 Å². The highest BCUT2D eigenvalue weighted by molar-refractivity contribution is 5.85. The molecule has 3 rings (SSSR count). The summed E-state index contributed by atoms with van der Waals surface area (Å²) in [5.74, 6) is 0. The van der Waals surface area contributed by atoms with Crippen molar-refractivity contribution in [1.82, 2.24) is 25.3 Å². The van der Waals surface area contributed by atoms with Crippen LogP contribution in [-0.2, 0) is 6.54 Å². The van der Waals surface area contributed by atoms with E-state index in [2.05, 4.69) is 38.4 Å². The van der Waals surface area contributed by atoms with E-state index < -0.39 is 0 Å². The van der Waals surface area contributed by atoms with E-state index in [0.717, 1.165) is 38.4 Å². The molecular formula is C15H27Cl2N5. The fraction of sp³-hybridized carbons (Fsp3) is 0.733. The number of likely N-dealkylation sites (N-methyl/N-ethyl adjacent to an activating group) is 1. The summed E-state index contributed by atoms with van der Waals surface area (Å²) in [5.41, 5.74) is 1.44. The van der Waals surface area contributed by atoms with Crippen LogP contribution in [0.1, 0.15) is 25.0 Å². The molecule has 1 aromatic rings.